The highest BCUT2D eigenvalue weighted by Gasteiger charge is 2.34. The van der Waals surface area contributed by atoms with Crippen LogP contribution in [0.1, 0.15) is 31.2 Å². The Morgan fingerprint density at radius 3 is 2.68 bits per heavy atom. The van der Waals surface area contributed by atoms with E-state index in [1.54, 1.807) is 0 Å². The first-order valence-electron chi connectivity index (χ1n) is 7.94. The number of pyridine rings is 1. The topological polar surface area (TPSA) is 79.6 Å². The fourth-order valence-electron chi connectivity index (χ4n) is 2.98. The van der Waals surface area contributed by atoms with Crippen molar-refractivity contribution in [3.8, 4) is 0 Å². The second-order valence-corrected chi connectivity index (χ2v) is 6.13. The molecular formula is C16H19F3N2O4. The van der Waals surface area contributed by atoms with Gasteiger partial charge in [-0.05, 0) is 37.3 Å². The molecule has 0 aliphatic carbocycles. The molecule has 1 atom stereocenters. The second-order valence-electron chi connectivity index (χ2n) is 6.13. The van der Waals surface area contributed by atoms with E-state index >= 15 is 0 Å². The van der Waals surface area contributed by atoms with E-state index in [0.717, 1.165) is 23.3 Å². The molecule has 1 saturated heterocycles. The standard InChI is InChI=1S/C16H19F3N2O4/c17-16(18,19)12-4-2-8-21(15(12)25)10-13(22)20-7-1-3-11(9-20)5-6-14(23)24/h2,4,8,11H,1,3,5-7,9-10H2,(H,23,24)/t11-/m0/s1. The number of carbonyl (C=O) groups is 2. The number of amides is 1. The number of carboxylic acid groups (broad SMARTS) is 1. The first-order valence-corrected chi connectivity index (χ1v) is 7.94. The van der Waals surface area contributed by atoms with E-state index in [9.17, 15) is 27.6 Å². The number of halogens is 3. The smallest absolute Gasteiger partial charge is 0.421 e. The van der Waals surface area contributed by atoms with E-state index in [1.165, 1.54) is 4.90 Å². The molecule has 1 N–H and O–H groups in total. The Balaban J connectivity index is 2.05. The van der Waals surface area contributed by atoms with Crippen molar-refractivity contribution >= 4 is 11.9 Å². The fourth-order valence-corrected chi connectivity index (χ4v) is 2.98. The van der Waals surface area contributed by atoms with Crippen LogP contribution in [0.15, 0.2) is 23.1 Å². The summed E-state index contributed by atoms with van der Waals surface area (Å²) in [6.45, 7) is 0.352. The molecule has 0 bridgehead atoms. The maximum Gasteiger partial charge on any atom is 0.421 e. The largest absolute Gasteiger partial charge is 0.481 e. The summed E-state index contributed by atoms with van der Waals surface area (Å²) in [4.78, 5) is 36.3. The summed E-state index contributed by atoms with van der Waals surface area (Å²) in [6.07, 6.45) is -1.64. The van der Waals surface area contributed by atoms with Crippen molar-refractivity contribution in [1.82, 2.24) is 9.47 Å². The monoisotopic (exact) mass is 360 g/mol. The average Bonchev–Trinajstić information content (AvgIpc) is 2.54. The maximum atomic E-state index is 12.8. The van der Waals surface area contributed by atoms with Gasteiger partial charge in [-0.15, -0.1) is 0 Å². The molecule has 1 aromatic heterocycles. The molecule has 0 saturated carbocycles. The summed E-state index contributed by atoms with van der Waals surface area (Å²) >= 11 is 0. The van der Waals surface area contributed by atoms with Crippen molar-refractivity contribution in [2.45, 2.75) is 38.4 Å². The van der Waals surface area contributed by atoms with E-state index in [0.29, 0.717) is 32.0 Å². The quantitative estimate of drug-likeness (QED) is 0.871. The van der Waals surface area contributed by atoms with Crippen LogP contribution in [0.4, 0.5) is 13.2 Å². The lowest BCUT2D eigenvalue weighted by Gasteiger charge is -2.32. The molecule has 1 aliphatic rings. The Kier molecular flexibility index (Phi) is 5.86. The van der Waals surface area contributed by atoms with Crippen LogP contribution in [0.2, 0.25) is 0 Å². The zero-order valence-corrected chi connectivity index (χ0v) is 13.5. The van der Waals surface area contributed by atoms with E-state index in [-0.39, 0.29) is 12.3 Å². The van der Waals surface area contributed by atoms with Crippen molar-refractivity contribution in [2.24, 2.45) is 5.92 Å². The van der Waals surface area contributed by atoms with Crippen molar-refractivity contribution < 1.29 is 27.9 Å². The highest BCUT2D eigenvalue weighted by atomic mass is 19.4. The minimum absolute atomic E-state index is 0.0137. The molecule has 6 nitrogen and oxygen atoms in total. The first kappa shape index (κ1) is 19.0. The summed E-state index contributed by atoms with van der Waals surface area (Å²) < 4.78 is 39.1. The number of hydrogen-bond donors (Lipinski definition) is 1. The van der Waals surface area contributed by atoms with E-state index < -0.39 is 35.7 Å². The summed E-state index contributed by atoms with van der Waals surface area (Å²) in [5.74, 6) is -1.30. The van der Waals surface area contributed by atoms with Crippen LogP contribution in [-0.4, -0.2) is 39.5 Å². The molecular weight excluding hydrogens is 341 g/mol. The normalized spacial score (nSPS) is 18.2. The predicted molar refractivity (Wildman–Crippen MR) is 81.9 cm³/mol. The lowest BCUT2D eigenvalue weighted by molar-refractivity contribution is -0.140. The molecule has 25 heavy (non-hydrogen) atoms. The molecule has 0 unspecified atom stereocenters. The number of piperidine rings is 1. The Morgan fingerprint density at radius 1 is 1.32 bits per heavy atom. The predicted octanol–water partition coefficient (Wildman–Crippen LogP) is 1.97. The van der Waals surface area contributed by atoms with E-state index in [1.807, 2.05) is 0 Å². The summed E-state index contributed by atoms with van der Waals surface area (Å²) in [5, 5.41) is 8.73. The number of carboxylic acids is 1. The third-order valence-electron chi connectivity index (χ3n) is 4.27. The molecule has 1 aliphatic heterocycles. The number of carbonyl (C=O) groups excluding carboxylic acids is 1. The van der Waals surface area contributed by atoms with Gasteiger partial charge in [0, 0.05) is 25.7 Å². The number of likely N-dealkylation sites (tertiary alicyclic amines) is 1. The lowest BCUT2D eigenvalue weighted by atomic mass is 9.93. The fraction of sp³-hybridized carbons (Fsp3) is 0.562. The van der Waals surface area contributed by atoms with Gasteiger partial charge < -0.3 is 14.6 Å². The molecule has 2 rings (SSSR count). The molecule has 9 heteroatoms. The number of rotatable bonds is 5. The van der Waals surface area contributed by atoms with Crippen LogP contribution in [0.3, 0.4) is 0 Å². The van der Waals surface area contributed by atoms with Crippen molar-refractivity contribution in [1.29, 1.82) is 0 Å². The van der Waals surface area contributed by atoms with Gasteiger partial charge in [0.2, 0.25) is 5.91 Å². The van der Waals surface area contributed by atoms with Crippen LogP contribution in [0, 0.1) is 5.92 Å². The third kappa shape index (κ3) is 5.07. The molecule has 1 fully saturated rings. The zero-order valence-electron chi connectivity index (χ0n) is 13.5. The van der Waals surface area contributed by atoms with Gasteiger partial charge in [-0.2, -0.15) is 13.2 Å². The number of hydrogen-bond acceptors (Lipinski definition) is 3. The highest BCUT2D eigenvalue weighted by Crippen LogP contribution is 2.26. The zero-order chi connectivity index (χ0) is 18.6. The van der Waals surface area contributed by atoms with Crippen molar-refractivity contribution in [2.75, 3.05) is 13.1 Å². The van der Waals surface area contributed by atoms with Crippen LogP contribution in [0.25, 0.3) is 0 Å². The van der Waals surface area contributed by atoms with Gasteiger partial charge in [0.15, 0.2) is 0 Å². The van der Waals surface area contributed by atoms with Gasteiger partial charge in [-0.25, -0.2) is 0 Å². The number of nitrogens with zero attached hydrogens (tertiary/aromatic N) is 2. The van der Waals surface area contributed by atoms with Crippen LogP contribution >= 0.6 is 0 Å². The summed E-state index contributed by atoms with van der Waals surface area (Å²) in [6, 6.07) is 1.77. The van der Waals surface area contributed by atoms with E-state index in [2.05, 4.69) is 0 Å². The first-order chi connectivity index (χ1) is 11.7. The Morgan fingerprint density at radius 2 is 2.04 bits per heavy atom. The van der Waals surface area contributed by atoms with Gasteiger partial charge in [-0.3, -0.25) is 14.4 Å². The molecule has 1 aromatic rings. The minimum atomic E-state index is -4.77. The Bertz CT molecular complexity index is 699. The Labute approximate surface area is 141 Å². The van der Waals surface area contributed by atoms with Crippen LogP contribution in [0.5, 0.6) is 0 Å². The van der Waals surface area contributed by atoms with Crippen molar-refractivity contribution in [3.63, 3.8) is 0 Å². The Hall–Kier alpha value is -2.32. The average molecular weight is 360 g/mol. The molecule has 138 valence electrons. The van der Waals surface area contributed by atoms with E-state index in [4.69, 9.17) is 5.11 Å². The lowest BCUT2D eigenvalue weighted by Crippen LogP contribution is -2.43. The van der Waals surface area contributed by atoms with Gasteiger partial charge in [-0.1, -0.05) is 0 Å². The number of aliphatic carboxylic acids is 1. The maximum absolute atomic E-state index is 12.8. The number of alkyl halides is 3. The van der Waals surface area contributed by atoms with Gasteiger partial charge in [0.25, 0.3) is 5.56 Å². The van der Waals surface area contributed by atoms with Crippen LogP contribution in [-0.2, 0) is 22.3 Å². The molecule has 2 heterocycles. The highest BCUT2D eigenvalue weighted by molar-refractivity contribution is 5.76. The van der Waals surface area contributed by atoms with Crippen molar-refractivity contribution in [3.05, 3.63) is 34.2 Å². The van der Waals surface area contributed by atoms with Gasteiger partial charge in [0.1, 0.15) is 12.1 Å². The van der Waals surface area contributed by atoms with Crippen LogP contribution < -0.4 is 5.56 Å². The summed E-state index contributed by atoms with van der Waals surface area (Å²) in [7, 11) is 0. The molecule has 0 aromatic carbocycles. The SMILES string of the molecule is O=C(O)CC[C@@H]1CCCN(C(=O)Cn2cccc(C(F)(F)F)c2=O)C1. The van der Waals surface area contributed by atoms with Gasteiger partial charge in [0.05, 0.1) is 0 Å². The minimum Gasteiger partial charge on any atom is -0.481 e. The molecule has 0 radical (unpaired) electrons. The molecule has 0 spiro atoms. The van der Waals surface area contributed by atoms with Gasteiger partial charge >= 0.3 is 12.1 Å². The molecule has 1 amide bonds. The second kappa shape index (κ2) is 7.71. The third-order valence-corrected chi connectivity index (χ3v) is 4.27. The summed E-state index contributed by atoms with van der Waals surface area (Å²) in [5.41, 5.74) is -2.55. The number of aromatic nitrogens is 1.